The Bertz CT molecular complexity index is 377. The van der Waals surface area contributed by atoms with E-state index in [0.717, 1.165) is 12.8 Å². The van der Waals surface area contributed by atoms with Crippen molar-refractivity contribution in [3.63, 3.8) is 0 Å². The number of halogens is 2. The highest BCUT2D eigenvalue weighted by Crippen LogP contribution is 2.24. The van der Waals surface area contributed by atoms with Gasteiger partial charge < -0.3 is 4.74 Å². The smallest absolute Gasteiger partial charge is 0.200 e. The van der Waals surface area contributed by atoms with Gasteiger partial charge in [0.1, 0.15) is 0 Å². The zero-order valence-corrected chi connectivity index (χ0v) is 11.4. The van der Waals surface area contributed by atoms with E-state index in [1.54, 1.807) is 6.07 Å². The summed E-state index contributed by atoms with van der Waals surface area (Å²) in [5.41, 5.74) is 0.442. The zero-order chi connectivity index (χ0) is 13.5. The Morgan fingerprint density at radius 2 is 1.89 bits per heavy atom. The molecule has 0 spiro atoms. The van der Waals surface area contributed by atoms with Gasteiger partial charge in [0.15, 0.2) is 11.6 Å². The lowest BCUT2D eigenvalue weighted by molar-refractivity contribution is 0.369. The number of hydrogen-bond donors (Lipinski definition) is 0. The monoisotopic (exact) mass is 256 g/mol. The number of aryl methyl sites for hydroxylation is 1. The number of methoxy groups -OCH3 is 1. The third kappa shape index (κ3) is 3.97. The first-order valence-electron chi connectivity index (χ1n) is 6.61. The summed E-state index contributed by atoms with van der Waals surface area (Å²) in [6.45, 7) is 4.36. The predicted molar refractivity (Wildman–Crippen MR) is 69.9 cm³/mol. The van der Waals surface area contributed by atoms with Crippen molar-refractivity contribution in [2.75, 3.05) is 7.11 Å². The van der Waals surface area contributed by atoms with Gasteiger partial charge in [0.05, 0.1) is 7.11 Å². The summed E-state index contributed by atoms with van der Waals surface area (Å²) in [6.07, 6.45) is 4.90. The van der Waals surface area contributed by atoms with Crippen LogP contribution in [0, 0.1) is 17.6 Å². The maximum atomic E-state index is 13.7. The molecule has 1 unspecified atom stereocenters. The van der Waals surface area contributed by atoms with Crippen molar-refractivity contribution in [1.82, 2.24) is 0 Å². The van der Waals surface area contributed by atoms with E-state index in [1.807, 2.05) is 0 Å². The Morgan fingerprint density at radius 3 is 2.50 bits per heavy atom. The standard InChI is InChI=1S/C15H22F2O/c1-4-6-11(2)7-5-8-12-9-10-13(18-3)15(17)14(12)16/h9-11H,4-8H2,1-3H3. The van der Waals surface area contributed by atoms with Gasteiger partial charge in [0.2, 0.25) is 5.82 Å². The normalized spacial score (nSPS) is 12.5. The number of ether oxygens (including phenoxy) is 1. The van der Waals surface area contributed by atoms with Crippen molar-refractivity contribution >= 4 is 0 Å². The molecule has 0 aliphatic carbocycles. The molecule has 1 atom stereocenters. The van der Waals surface area contributed by atoms with E-state index in [9.17, 15) is 8.78 Å². The summed E-state index contributed by atoms with van der Waals surface area (Å²) >= 11 is 0. The molecule has 0 aromatic heterocycles. The molecule has 1 nitrogen and oxygen atoms in total. The van der Waals surface area contributed by atoms with Crippen molar-refractivity contribution in [3.05, 3.63) is 29.3 Å². The Balaban J connectivity index is 2.55. The van der Waals surface area contributed by atoms with Crippen LogP contribution in [0.3, 0.4) is 0 Å². The van der Waals surface area contributed by atoms with E-state index in [-0.39, 0.29) is 5.75 Å². The molecule has 0 radical (unpaired) electrons. The van der Waals surface area contributed by atoms with Crippen LogP contribution in [0.15, 0.2) is 12.1 Å². The quantitative estimate of drug-likeness (QED) is 0.685. The second kappa shape index (κ2) is 7.34. The summed E-state index contributed by atoms with van der Waals surface area (Å²) < 4.78 is 31.9. The molecule has 102 valence electrons. The minimum absolute atomic E-state index is 0.0319. The van der Waals surface area contributed by atoms with Gasteiger partial charge in [0, 0.05) is 0 Å². The molecule has 0 saturated carbocycles. The van der Waals surface area contributed by atoms with Crippen molar-refractivity contribution in [2.24, 2.45) is 5.92 Å². The molecule has 18 heavy (non-hydrogen) atoms. The minimum Gasteiger partial charge on any atom is -0.494 e. The second-order valence-electron chi connectivity index (χ2n) is 4.84. The Labute approximate surface area is 108 Å². The largest absolute Gasteiger partial charge is 0.494 e. The average molecular weight is 256 g/mol. The summed E-state index contributed by atoms with van der Waals surface area (Å²) in [6, 6.07) is 3.10. The summed E-state index contributed by atoms with van der Waals surface area (Å²) in [7, 11) is 1.34. The van der Waals surface area contributed by atoms with Gasteiger partial charge in [-0.2, -0.15) is 4.39 Å². The van der Waals surface area contributed by atoms with Crippen LogP contribution < -0.4 is 4.74 Å². The second-order valence-corrected chi connectivity index (χ2v) is 4.84. The van der Waals surface area contributed by atoms with Crippen LogP contribution in [0.2, 0.25) is 0 Å². The fourth-order valence-corrected chi connectivity index (χ4v) is 2.20. The van der Waals surface area contributed by atoms with Crippen molar-refractivity contribution in [2.45, 2.75) is 46.0 Å². The molecule has 1 aromatic rings. The molecule has 3 heteroatoms. The SMILES string of the molecule is CCCC(C)CCCc1ccc(OC)c(F)c1F. The topological polar surface area (TPSA) is 9.23 Å². The van der Waals surface area contributed by atoms with Crippen LogP contribution in [-0.2, 0) is 6.42 Å². The molecule has 0 amide bonds. The van der Waals surface area contributed by atoms with E-state index in [4.69, 9.17) is 4.74 Å². The van der Waals surface area contributed by atoms with Gasteiger partial charge in [-0.15, -0.1) is 0 Å². The fourth-order valence-electron chi connectivity index (χ4n) is 2.20. The van der Waals surface area contributed by atoms with E-state index in [0.29, 0.717) is 17.9 Å². The van der Waals surface area contributed by atoms with Crippen LogP contribution >= 0.6 is 0 Å². The minimum atomic E-state index is -0.878. The lowest BCUT2D eigenvalue weighted by Crippen LogP contribution is -2.00. The van der Waals surface area contributed by atoms with Gasteiger partial charge >= 0.3 is 0 Å². The predicted octanol–water partition coefficient (Wildman–Crippen LogP) is 4.73. The van der Waals surface area contributed by atoms with E-state index >= 15 is 0 Å². The first-order valence-corrected chi connectivity index (χ1v) is 6.61. The maximum absolute atomic E-state index is 13.7. The third-order valence-corrected chi connectivity index (χ3v) is 3.27. The number of hydrogen-bond acceptors (Lipinski definition) is 1. The lowest BCUT2D eigenvalue weighted by Gasteiger charge is -2.11. The molecule has 0 N–H and O–H groups in total. The molecular weight excluding hydrogens is 234 g/mol. The van der Waals surface area contributed by atoms with Crippen LogP contribution in [0.1, 0.15) is 45.1 Å². The zero-order valence-electron chi connectivity index (χ0n) is 11.4. The molecule has 1 aromatic carbocycles. The Morgan fingerprint density at radius 1 is 1.17 bits per heavy atom. The van der Waals surface area contributed by atoms with Crippen LogP contribution in [0.25, 0.3) is 0 Å². The van der Waals surface area contributed by atoms with Crippen LogP contribution in [0.5, 0.6) is 5.75 Å². The van der Waals surface area contributed by atoms with Gasteiger partial charge in [-0.3, -0.25) is 0 Å². The fraction of sp³-hybridized carbons (Fsp3) is 0.600. The average Bonchev–Trinajstić information content (AvgIpc) is 2.35. The molecule has 0 heterocycles. The van der Waals surface area contributed by atoms with Gasteiger partial charge in [-0.25, -0.2) is 4.39 Å². The third-order valence-electron chi connectivity index (χ3n) is 3.27. The van der Waals surface area contributed by atoms with E-state index in [1.165, 1.54) is 26.0 Å². The molecule has 1 rings (SSSR count). The van der Waals surface area contributed by atoms with E-state index in [2.05, 4.69) is 13.8 Å². The summed E-state index contributed by atoms with van der Waals surface area (Å²) in [5.74, 6) is -1.02. The highest BCUT2D eigenvalue weighted by Gasteiger charge is 2.13. The lowest BCUT2D eigenvalue weighted by atomic mass is 9.97. The van der Waals surface area contributed by atoms with Gasteiger partial charge in [-0.1, -0.05) is 39.2 Å². The molecule has 0 aliphatic rings. The summed E-state index contributed by atoms with van der Waals surface area (Å²) in [4.78, 5) is 0. The molecular formula is C15H22F2O. The van der Waals surface area contributed by atoms with Crippen LogP contribution in [0.4, 0.5) is 8.78 Å². The number of benzene rings is 1. The van der Waals surface area contributed by atoms with Crippen molar-refractivity contribution in [3.8, 4) is 5.75 Å². The van der Waals surface area contributed by atoms with Gasteiger partial charge in [-0.05, 0) is 30.4 Å². The maximum Gasteiger partial charge on any atom is 0.200 e. The number of rotatable bonds is 7. The molecule has 0 fully saturated rings. The first-order chi connectivity index (χ1) is 8.60. The van der Waals surface area contributed by atoms with Crippen molar-refractivity contribution < 1.29 is 13.5 Å². The Hall–Kier alpha value is -1.12. The highest BCUT2D eigenvalue weighted by molar-refractivity contribution is 5.31. The highest BCUT2D eigenvalue weighted by atomic mass is 19.2. The van der Waals surface area contributed by atoms with Gasteiger partial charge in [0.25, 0.3) is 0 Å². The summed E-state index contributed by atoms with van der Waals surface area (Å²) in [5, 5.41) is 0. The Kier molecular flexibility index (Phi) is 6.10. The van der Waals surface area contributed by atoms with E-state index < -0.39 is 11.6 Å². The van der Waals surface area contributed by atoms with Crippen molar-refractivity contribution in [1.29, 1.82) is 0 Å². The van der Waals surface area contributed by atoms with Crippen LogP contribution in [-0.4, -0.2) is 7.11 Å². The molecule has 0 saturated heterocycles. The molecule has 0 bridgehead atoms. The molecule has 0 aliphatic heterocycles. The first kappa shape index (κ1) is 14.9.